The van der Waals surface area contributed by atoms with E-state index in [2.05, 4.69) is 45.6 Å². The molecule has 0 bridgehead atoms. The number of carbonyl (C=O) groups excluding carboxylic acids is 1. The van der Waals surface area contributed by atoms with E-state index in [1.54, 1.807) is 37.3 Å². The van der Waals surface area contributed by atoms with Crippen molar-refractivity contribution in [2.45, 2.75) is 12.8 Å². The third-order valence-corrected chi connectivity index (χ3v) is 5.25. The van der Waals surface area contributed by atoms with Crippen LogP contribution in [0.25, 0.3) is 16.8 Å². The smallest absolute Gasteiger partial charge is 0.253 e. The summed E-state index contributed by atoms with van der Waals surface area (Å²) in [6, 6.07) is 15.9. The predicted molar refractivity (Wildman–Crippen MR) is 121 cm³/mol. The van der Waals surface area contributed by atoms with Crippen LogP contribution in [0.5, 0.6) is 0 Å². The maximum Gasteiger partial charge on any atom is 0.253 e. The van der Waals surface area contributed by atoms with Gasteiger partial charge in [-0.3, -0.25) is 4.79 Å². The van der Waals surface area contributed by atoms with Crippen LogP contribution in [0.15, 0.2) is 60.8 Å². The van der Waals surface area contributed by atoms with Gasteiger partial charge < -0.3 is 16.0 Å². The molecule has 6 nitrogen and oxygen atoms in total. The van der Waals surface area contributed by atoms with Crippen LogP contribution in [-0.4, -0.2) is 41.4 Å². The number of amides is 1. The van der Waals surface area contributed by atoms with Crippen molar-refractivity contribution in [1.82, 2.24) is 14.9 Å². The Hall–Kier alpha value is -3.67. The number of nitrogens with two attached hydrogens (primary N) is 1. The van der Waals surface area contributed by atoms with E-state index in [1.165, 1.54) is 16.7 Å². The number of hydrogen-bond acceptors (Lipinski definition) is 5. The second-order valence-electron chi connectivity index (χ2n) is 7.53. The molecule has 0 fully saturated rings. The maximum atomic E-state index is 12.1. The van der Waals surface area contributed by atoms with Crippen LogP contribution in [0.3, 0.4) is 0 Å². The summed E-state index contributed by atoms with van der Waals surface area (Å²) in [5.41, 5.74) is 12.3. The third-order valence-electron chi connectivity index (χ3n) is 5.25. The highest BCUT2D eigenvalue weighted by molar-refractivity contribution is 5.94. The molecule has 3 N–H and O–H groups in total. The summed E-state index contributed by atoms with van der Waals surface area (Å²) in [4.78, 5) is 22.6. The molecule has 6 heteroatoms. The number of rotatable bonds is 6. The first-order valence-electron chi connectivity index (χ1n) is 9.98. The lowest BCUT2D eigenvalue weighted by molar-refractivity contribution is 0.0827. The summed E-state index contributed by atoms with van der Waals surface area (Å²) in [7, 11) is 3.47. The monoisotopic (exact) mass is 399 g/mol. The van der Waals surface area contributed by atoms with Gasteiger partial charge >= 0.3 is 0 Å². The van der Waals surface area contributed by atoms with E-state index in [-0.39, 0.29) is 5.91 Å². The lowest BCUT2D eigenvalue weighted by atomic mass is 10.0. The summed E-state index contributed by atoms with van der Waals surface area (Å²) >= 11 is 0. The highest BCUT2D eigenvalue weighted by Gasteiger charge is 2.14. The van der Waals surface area contributed by atoms with E-state index in [4.69, 9.17) is 5.73 Å². The van der Waals surface area contributed by atoms with Crippen LogP contribution in [0.1, 0.15) is 27.9 Å². The molecule has 2 aromatic carbocycles. The Balaban J connectivity index is 1.44. The zero-order valence-electron chi connectivity index (χ0n) is 17.2. The van der Waals surface area contributed by atoms with Crippen molar-refractivity contribution in [3.63, 3.8) is 0 Å². The van der Waals surface area contributed by atoms with E-state index in [0.29, 0.717) is 22.9 Å². The number of fused-ring (bicyclic) bond motifs is 1. The molecule has 0 aliphatic heterocycles. The van der Waals surface area contributed by atoms with Gasteiger partial charge in [-0.1, -0.05) is 42.5 Å². The van der Waals surface area contributed by atoms with Gasteiger partial charge in [0.05, 0.1) is 11.9 Å². The molecule has 152 valence electrons. The minimum Gasteiger partial charge on any atom is -0.381 e. The largest absolute Gasteiger partial charge is 0.381 e. The second kappa shape index (κ2) is 8.37. The topological polar surface area (TPSA) is 84.1 Å². The number of nitrogens with zero attached hydrogens (tertiary/aromatic N) is 3. The average Bonchev–Trinajstić information content (AvgIpc) is 3.18. The Labute approximate surface area is 176 Å². The molecule has 0 saturated heterocycles. The van der Waals surface area contributed by atoms with Crippen LogP contribution in [0.2, 0.25) is 0 Å². The summed E-state index contributed by atoms with van der Waals surface area (Å²) in [5, 5.41) is 3.33. The van der Waals surface area contributed by atoms with E-state index in [0.717, 1.165) is 24.9 Å². The van der Waals surface area contributed by atoms with Crippen LogP contribution >= 0.6 is 0 Å². The minimum atomic E-state index is -0.0323. The standard InChI is InChI=1S/C24H25N5O/c1-29(2)24(30)19-11-9-18(10-12-19)21-15-27-22(25)23(28-21)26-14-13-17-8-7-16-5-3-4-6-20(16)17/h3-6,8-12,15H,7,13-14H2,1-2H3,(H2,25,27)(H,26,28). The first-order chi connectivity index (χ1) is 14.5. The van der Waals surface area contributed by atoms with E-state index >= 15 is 0 Å². The molecule has 1 amide bonds. The number of benzene rings is 2. The summed E-state index contributed by atoms with van der Waals surface area (Å²) in [6.45, 7) is 0.721. The van der Waals surface area contributed by atoms with Gasteiger partial charge in [0.2, 0.25) is 0 Å². The normalized spacial score (nSPS) is 12.3. The molecule has 1 aliphatic rings. The number of allylic oxidation sites excluding steroid dienone is 1. The first kappa shape index (κ1) is 19.6. The van der Waals surface area contributed by atoms with Crippen molar-refractivity contribution in [2.24, 2.45) is 0 Å². The molecule has 4 rings (SSSR count). The van der Waals surface area contributed by atoms with Gasteiger partial charge in [-0.25, -0.2) is 9.97 Å². The number of nitrogens with one attached hydrogen (secondary N) is 1. The van der Waals surface area contributed by atoms with Crippen molar-refractivity contribution in [3.8, 4) is 11.3 Å². The molecule has 0 radical (unpaired) electrons. The van der Waals surface area contributed by atoms with Crippen LogP contribution in [0.4, 0.5) is 11.6 Å². The van der Waals surface area contributed by atoms with Gasteiger partial charge in [-0.05, 0) is 41.7 Å². The van der Waals surface area contributed by atoms with Crippen molar-refractivity contribution >= 4 is 23.1 Å². The van der Waals surface area contributed by atoms with Crippen LogP contribution < -0.4 is 11.1 Å². The summed E-state index contributed by atoms with van der Waals surface area (Å²) in [5.74, 6) is 0.918. The van der Waals surface area contributed by atoms with Crippen molar-refractivity contribution in [2.75, 3.05) is 31.7 Å². The summed E-state index contributed by atoms with van der Waals surface area (Å²) < 4.78 is 0. The molecular formula is C24H25N5O. The van der Waals surface area contributed by atoms with Crippen molar-refractivity contribution in [1.29, 1.82) is 0 Å². The quantitative estimate of drug-likeness (QED) is 0.657. The lowest BCUT2D eigenvalue weighted by Crippen LogP contribution is -2.21. The number of anilines is 2. The maximum absolute atomic E-state index is 12.1. The van der Waals surface area contributed by atoms with Crippen molar-refractivity contribution < 1.29 is 4.79 Å². The Morgan fingerprint density at radius 3 is 2.67 bits per heavy atom. The van der Waals surface area contributed by atoms with E-state index < -0.39 is 0 Å². The van der Waals surface area contributed by atoms with Gasteiger partial charge in [0.1, 0.15) is 0 Å². The number of carbonyl (C=O) groups is 1. The molecule has 30 heavy (non-hydrogen) atoms. The number of nitrogen functional groups attached to an aromatic ring is 1. The van der Waals surface area contributed by atoms with Gasteiger partial charge in [0.25, 0.3) is 5.91 Å². The molecule has 0 atom stereocenters. The molecule has 1 heterocycles. The Morgan fingerprint density at radius 1 is 1.13 bits per heavy atom. The Kier molecular flexibility index (Phi) is 5.48. The first-order valence-corrected chi connectivity index (χ1v) is 9.98. The molecule has 0 unspecified atom stereocenters. The number of aromatic nitrogens is 2. The molecule has 3 aromatic rings. The molecule has 0 spiro atoms. The van der Waals surface area contributed by atoms with Crippen LogP contribution in [-0.2, 0) is 6.42 Å². The molecular weight excluding hydrogens is 374 g/mol. The SMILES string of the molecule is CN(C)C(=O)c1ccc(-c2cnc(N)c(NCCC3=CCc4ccccc43)n2)cc1. The average molecular weight is 399 g/mol. The fourth-order valence-corrected chi connectivity index (χ4v) is 3.62. The zero-order chi connectivity index (χ0) is 21.1. The summed E-state index contributed by atoms with van der Waals surface area (Å²) in [6.07, 6.45) is 5.83. The van der Waals surface area contributed by atoms with E-state index in [9.17, 15) is 4.79 Å². The van der Waals surface area contributed by atoms with Crippen molar-refractivity contribution in [3.05, 3.63) is 77.5 Å². The van der Waals surface area contributed by atoms with E-state index in [1.807, 2.05) is 12.1 Å². The van der Waals surface area contributed by atoms with Gasteiger partial charge in [-0.2, -0.15) is 0 Å². The zero-order valence-corrected chi connectivity index (χ0v) is 17.2. The fourth-order valence-electron chi connectivity index (χ4n) is 3.62. The Morgan fingerprint density at radius 2 is 1.90 bits per heavy atom. The lowest BCUT2D eigenvalue weighted by Gasteiger charge is -2.12. The molecule has 1 aliphatic carbocycles. The molecule has 0 saturated carbocycles. The fraction of sp³-hybridized carbons (Fsp3) is 0.208. The highest BCUT2D eigenvalue weighted by atomic mass is 16.2. The molecule has 1 aromatic heterocycles. The minimum absolute atomic E-state index is 0.0323. The number of hydrogen-bond donors (Lipinski definition) is 2. The van der Waals surface area contributed by atoms with Crippen LogP contribution in [0, 0.1) is 0 Å². The Bertz CT molecular complexity index is 1100. The highest BCUT2D eigenvalue weighted by Crippen LogP contribution is 2.29. The van der Waals surface area contributed by atoms with Gasteiger partial charge in [0, 0.05) is 31.8 Å². The second-order valence-corrected chi connectivity index (χ2v) is 7.53. The van der Waals surface area contributed by atoms with Gasteiger partial charge in [-0.15, -0.1) is 0 Å². The predicted octanol–water partition coefficient (Wildman–Crippen LogP) is 3.87. The third kappa shape index (κ3) is 4.03. The van der Waals surface area contributed by atoms with Gasteiger partial charge in [0.15, 0.2) is 11.6 Å².